The van der Waals surface area contributed by atoms with Gasteiger partial charge in [-0.25, -0.2) is 4.58 Å². The van der Waals surface area contributed by atoms with E-state index < -0.39 is 0 Å². The first-order valence-corrected chi connectivity index (χ1v) is 4.66. The largest absolute Gasteiger partial charge is 0.383 e. The molecule has 0 rings (SSSR count). The molecule has 0 aromatic carbocycles. The summed E-state index contributed by atoms with van der Waals surface area (Å²) in [7, 11) is 12.1. The third-order valence-electron chi connectivity index (χ3n) is 1.38. The van der Waals surface area contributed by atoms with E-state index in [4.69, 9.17) is 0 Å². The molecule has 0 bridgehead atoms. The Kier molecular flexibility index (Phi) is 5.68. The van der Waals surface area contributed by atoms with Crippen LogP contribution in [0.25, 0.3) is 0 Å². The molecule has 0 aliphatic rings. The molecule has 14 heavy (non-hydrogen) atoms. The number of hydrogen-bond acceptors (Lipinski definition) is 2. The third-order valence-corrected chi connectivity index (χ3v) is 1.38. The Balaban J connectivity index is 4.66. The topological polar surface area (TPSA) is 9.49 Å². The number of rotatable bonds is 4. The first kappa shape index (κ1) is 12.8. The van der Waals surface area contributed by atoms with Gasteiger partial charge in [-0.2, -0.15) is 0 Å². The SMILES string of the molecule is CN(C)/C=C/C(C=[N+](C)C)=C\N(C)C. The average molecular weight is 196 g/mol. The highest BCUT2D eigenvalue weighted by Crippen LogP contribution is 1.95. The molecule has 0 aromatic rings. The zero-order valence-electron chi connectivity index (χ0n) is 10.2. The van der Waals surface area contributed by atoms with Crippen LogP contribution in [0.1, 0.15) is 0 Å². The lowest BCUT2D eigenvalue weighted by molar-refractivity contribution is -0.458. The summed E-state index contributed by atoms with van der Waals surface area (Å²) in [5.74, 6) is 0. The second-order valence-corrected chi connectivity index (χ2v) is 3.96. The van der Waals surface area contributed by atoms with Crippen LogP contribution < -0.4 is 0 Å². The highest BCUT2D eigenvalue weighted by atomic mass is 15.0. The van der Waals surface area contributed by atoms with Gasteiger partial charge in [-0.3, -0.25) is 0 Å². The van der Waals surface area contributed by atoms with Crippen LogP contribution >= 0.6 is 0 Å². The highest BCUT2D eigenvalue weighted by Gasteiger charge is 1.94. The van der Waals surface area contributed by atoms with Gasteiger partial charge in [0.05, 0.1) is 5.57 Å². The molecule has 0 aliphatic carbocycles. The van der Waals surface area contributed by atoms with E-state index in [2.05, 4.69) is 18.5 Å². The Morgan fingerprint density at radius 2 is 1.57 bits per heavy atom. The van der Waals surface area contributed by atoms with Crippen LogP contribution in [0.15, 0.2) is 24.0 Å². The van der Waals surface area contributed by atoms with Crippen LogP contribution in [0.2, 0.25) is 0 Å². The molecule has 0 aliphatic heterocycles. The van der Waals surface area contributed by atoms with Crippen molar-refractivity contribution in [2.75, 3.05) is 42.3 Å². The minimum Gasteiger partial charge on any atom is -0.383 e. The fourth-order valence-electron chi connectivity index (χ4n) is 0.951. The van der Waals surface area contributed by atoms with Gasteiger partial charge in [0, 0.05) is 34.4 Å². The predicted octanol–water partition coefficient (Wildman–Crippen LogP) is 0.850. The lowest BCUT2D eigenvalue weighted by Gasteiger charge is -2.06. The van der Waals surface area contributed by atoms with Gasteiger partial charge < -0.3 is 9.80 Å². The fraction of sp³-hybridized carbons (Fsp3) is 0.545. The summed E-state index contributed by atoms with van der Waals surface area (Å²) in [6.07, 6.45) is 8.29. The molecule has 0 saturated heterocycles. The Morgan fingerprint density at radius 1 is 1.00 bits per heavy atom. The van der Waals surface area contributed by atoms with Gasteiger partial charge in [-0.05, 0) is 12.3 Å². The van der Waals surface area contributed by atoms with Gasteiger partial charge in [0.15, 0.2) is 6.21 Å². The van der Waals surface area contributed by atoms with E-state index in [-0.39, 0.29) is 0 Å². The monoisotopic (exact) mass is 196 g/mol. The Morgan fingerprint density at radius 3 is 1.93 bits per heavy atom. The molecule has 0 aromatic heterocycles. The summed E-state index contributed by atoms with van der Waals surface area (Å²) in [4.78, 5) is 4.06. The molecular weight excluding hydrogens is 174 g/mol. The molecule has 0 amide bonds. The van der Waals surface area contributed by atoms with Crippen molar-refractivity contribution in [1.82, 2.24) is 9.80 Å². The van der Waals surface area contributed by atoms with Crippen molar-refractivity contribution in [2.45, 2.75) is 0 Å². The van der Waals surface area contributed by atoms with Crippen molar-refractivity contribution in [2.24, 2.45) is 0 Å². The number of allylic oxidation sites excluding steroid dienone is 2. The minimum atomic E-state index is 1.17. The maximum Gasteiger partial charge on any atom is 0.171 e. The number of nitrogens with zero attached hydrogens (tertiary/aromatic N) is 3. The Hall–Kier alpha value is -1.25. The zero-order valence-corrected chi connectivity index (χ0v) is 10.2. The molecule has 0 N–H and O–H groups in total. The maximum atomic E-state index is 2.08. The zero-order chi connectivity index (χ0) is 11.1. The highest BCUT2D eigenvalue weighted by molar-refractivity contribution is 5.78. The lowest BCUT2D eigenvalue weighted by Crippen LogP contribution is -2.07. The summed E-state index contributed by atoms with van der Waals surface area (Å²) in [6, 6.07) is 0. The normalized spacial score (nSPS) is 11.7. The number of hydrogen-bond donors (Lipinski definition) is 0. The van der Waals surface area contributed by atoms with Gasteiger partial charge in [-0.1, -0.05) is 0 Å². The van der Waals surface area contributed by atoms with Crippen LogP contribution in [0.5, 0.6) is 0 Å². The second-order valence-electron chi connectivity index (χ2n) is 3.96. The van der Waals surface area contributed by atoms with Gasteiger partial charge in [0.1, 0.15) is 14.1 Å². The van der Waals surface area contributed by atoms with Crippen molar-refractivity contribution in [3.63, 3.8) is 0 Å². The molecular formula is C11H22N3+. The fourth-order valence-corrected chi connectivity index (χ4v) is 0.951. The van der Waals surface area contributed by atoms with Crippen molar-refractivity contribution in [3.05, 3.63) is 24.0 Å². The second kappa shape index (κ2) is 6.24. The quantitative estimate of drug-likeness (QED) is 0.375. The lowest BCUT2D eigenvalue weighted by atomic mass is 10.3. The molecule has 0 spiro atoms. The summed E-state index contributed by atoms with van der Waals surface area (Å²) in [5.41, 5.74) is 1.17. The molecule has 3 nitrogen and oxygen atoms in total. The summed E-state index contributed by atoms with van der Waals surface area (Å²) < 4.78 is 2.04. The van der Waals surface area contributed by atoms with E-state index in [1.807, 2.05) is 62.9 Å². The summed E-state index contributed by atoms with van der Waals surface area (Å²) in [6.45, 7) is 0. The smallest absolute Gasteiger partial charge is 0.171 e. The van der Waals surface area contributed by atoms with Crippen molar-refractivity contribution in [1.29, 1.82) is 0 Å². The van der Waals surface area contributed by atoms with Gasteiger partial charge in [0.2, 0.25) is 0 Å². The van der Waals surface area contributed by atoms with Gasteiger partial charge >= 0.3 is 0 Å². The first-order chi connectivity index (χ1) is 6.41. The molecule has 80 valence electrons. The third kappa shape index (κ3) is 7.40. The molecule has 0 saturated carbocycles. The van der Waals surface area contributed by atoms with E-state index >= 15 is 0 Å². The molecule has 0 radical (unpaired) electrons. The molecule has 0 atom stereocenters. The molecule has 0 unspecified atom stereocenters. The van der Waals surface area contributed by atoms with E-state index in [1.54, 1.807) is 0 Å². The molecule has 0 fully saturated rings. The minimum absolute atomic E-state index is 1.17. The van der Waals surface area contributed by atoms with Crippen molar-refractivity contribution < 1.29 is 4.58 Å². The van der Waals surface area contributed by atoms with E-state index in [0.717, 1.165) is 0 Å². The van der Waals surface area contributed by atoms with Crippen LogP contribution in [0, 0.1) is 0 Å². The van der Waals surface area contributed by atoms with Crippen molar-refractivity contribution in [3.8, 4) is 0 Å². The summed E-state index contributed by atoms with van der Waals surface area (Å²) in [5, 5.41) is 0. The van der Waals surface area contributed by atoms with E-state index in [0.29, 0.717) is 0 Å². The van der Waals surface area contributed by atoms with Gasteiger partial charge in [0.25, 0.3) is 0 Å². The Bertz CT molecular complexity index is 243. The van der Waals surface area contributed by atoms with Crippen LogP contribution in [-0.2, 0) is 0 Å². The first-order valence-electron chi connectivity index (χ1n) is 4.66. The average Bonchev–Trinajstić information content (AvgIpc) is 1.97. The van der Waals surface area contributed by atoms with E-state index in [1.165, 1.54) is 5.57 Å². The predicted molar refractivity (Wildman–Crippen MR) is 62.8 cm³/mol. The van der Waals surface area contributed by atoms with Crippen LogP contribution in [0.3, 0.4) is 0 Å². The van der Waals surface area contributed by atoms with Crippen molar-refractivity contribution >= 4 is 6.21 Å². The maximum absolute atomic E-state index is 2.08. The van der Waals surface area contributed by atoms with Crippen LogP contribution in [-0.4, -0.2) is 62.9 Å². The molecule has 3 heteroatoms. The van der Waals surface area contributed by atoms with Gasteiger partial charge in [-0.15, -0.1) is 0 Å². The summed E-state index contributed by atoms with van der Waals surface area (Å²) >= 11 is 0. The standard InChI is InChI=1S/C11H22N3/c1-12(2)8-7-11(9-13(3)4)10-14(5)6/h7-10H,1-6H3/q+1/b8-7+. The van der Waals surface area contributed by atoms with Crippen LogP contribution in [0.4, 0.5) is 0 Å². The molecule has 0 heterocycles. The van der Waals surface area contributed by atoms with E-state index in [9.17, 15) is 0 Å². The Labute approximate surface area is 87.6 Å².